The van der Waals surface area contributed by atoms with Gasteiger partial charge in [0.05, 0.1) is 5.70 Å². The van der Waals surface area contributed by atoms with E-state index in [0.29, 0.717) is 61.3 Å². The Hall–Kier alpha value is -3.61. The average molecular weight is 446 g/mol. The summed E-state index contributed by atoms with van der Waals surface area (Å²) in [6.07, 6.45) is 6.27. The highest BCUT2D eigenvalue weighted by molar-refractivity contribution is 6.25. The molecule has 2 aliphatic heterocycles. The summed E-state index contributed by atoms with van der Waals surface area (Å²) in [4.78, 5) is 43.9. The first kappa shape index (κ1) is 21.2. The molecule has 170 valence electrons. The normalized spacial score (nSPS) is 18.5. The molecule has 1 aliphatic carbocycles. The molecule has 2 aromatic carbocycles. The summed E-state index contributed by atoms with van der Waals surface area (Å²) in [6, 6.07) is 11.0. The number of allylic oxidation sites excluding steroid dienone is 3. The summed E-state index contributed by atoms with van der Waals surface area (Å²) >= 11 is 0. The maximum atomic E-state index is 13.0. The van der Waals surface area contributed by atoms with Gasteiger partial charge in [0, 0.05) is 62.1 Å². The number of carbonyl (C=O) groups is 3. The lowest BCUT2D eigenvalue weighted by atomic mass is 9.94. The van der Waals surface area contributed by atoms with Gasteiger partial charge in [-0.05, 0) is 36.4 Å². The number of imide groups is 1. The summed E-state index contributed by atoms with van der Waals surface area (Å²) in [5.41, 5.74) is 1.95. The number of nitrogens with zero attached hydrogens (tertiary/aromatic N) is 3. The van der Waals surface area contributed by atoms with Crippen LogP contribution in [0.5, 0.6) is 0 Å². The fourth-order valence-corrected chi connectivity index (χ4v) is 4.95. The Kier molecular flexibility index (Phi) is 5.62. The monoisotopic (exact) mass is 445 g/mol. The molecule has 3 amide bonds. The SMILES string of the molecule is O=C(CCCN1C(=O)c2cccc3cccc(c23)C1=O)N1CCN(C2=C(O)CCC=C2)CC1. The van der Waals surface area contributed by atoms with Gasteiger partial charge in [0.25, 0.3) is 11.8 Å². The molecular formula is C26H27N3O4. The fraction of sp³-hybridized carbons (Fsp3) is 0.346. The molecule has 3 aliphatic rings. The predicted octanol–water partition coefficient (Wildman–Crippen LogP) is 3.48. The minimum absolute atomic E-state index is 0.0337. The van der Waals surface area contributed by atoms with Crippen LogP contribution in [0.25, 0.3) is 10.8 Å². The number of aliphatic hydroxyl groups is 1. The molecule has 5 rings (SSSR count). The van der Waals surface area contributed by atoms with Crippen LogP contribution in [-0.2, 0) is 4.79 Å². The van der Waals surface area contributed by atoms with E-state index in [2.05, 4.69) is 11.0 Å². The Bertz CT molecular complexity index is 1140. The molecule has 1 N–H and O–H groups in total. The van der Waals surface area contributed by atoms with Crippen molar-refractivity contribution in [1.82, 2.24) is 14.7 Å². The minimum atomic E-state index is -0.293. The molecule has 0 atom stereocenters. The fourth-order valence-electron chi connectivity index (χ4n) is 4.95. The van der Waals surface area contributed by atoms with Gasteiger partial charge >= 0.3 is 0 Å². The second-order valence-electron chi connectivity index (χ2n) is 8.72. The van der Waals surface area contributed by atoms with Gasteiger partial charge in [-0.1, -0.05) is 30.3 Å². The molecule has 1 saturated heterocycles. The molecule has 0 unspecified atom stereocenters. The molecular weight excluding hydrogens is 418 g/mol. The molecule has 1 fully saturated rings. The number of piperazine rings is 1. The predicted molar refractivity (Wildman–Crippen MR) is 125 cm³/mol. The van der Waals surface area contributed by atoms with Crippen molar-refractivity contribution in [3.05, 3.63) is 71.1 Å². The summed E-state index contributed by atoms with van der Waals surface area (Å²) in [5.74, 6) is -0.130. The Labute approximate surface area is 192 Å². The largest absolute Gasteiger partial charge is 0.510 e. The quantitative estimate of drug-likeness (QED) is 0.713. The van der Waals surface area contributed by atoms with Crippen LogP contribution in [0.4, 0.5) is 0 Å². The highest BCUT2D eigenvalue weighted by atomic mass is 16.3. The maximum absolute atomic E-state index is 13.0. The van der Waals surface area contributed by atoms with Gasteiger partial charge in [-0.15, -0.1) is 0 Å². The van der Waals surface area contributed by atoms with E-state index in [1.54, 1.807) is 12.1 Å². The van der Waals surface area contributed by atoms with Crippen LogP contribution in [0.1, 0.15) is 46.4 Å². The van der Waals surface area contributed by atoms with Gasteiger partial charge < -0.3 is 14.9 Å². The molecule has 2 aromatic rings. The van der Waals surface area contributed by atoms with Crippen LogP contribution in [0, 0.1) is 0 Å². The Morgan fingerprint density at radius 1 is 0.939 bits per heavy atom. The van der Waals surface area contributed by atoms with Gasteiger partial charge in [-0.3, -0.25) is 19.3 Å². The van der Waals surface area contributed by atoms with Crippen molar-refractivity contribution in [2.45, 2.75) is 25.7 Å². The maximum Gasteiger partial charge on any atom is 0.261 e. The van der Waals surface area contributed by atoms with E-state index in [0.717, 1.165) is 17.5 Å². The standard InChI is InChI=1S/C26H27N3O4/c30-22-11-2-1-10-21(22)27-14-16-28(17-15-27)23(31)12-5-13-29-25(32)19-8-3-6-18-7-4-9-20(24(18)19)26(29)33/h1,3-4,6-10,30H,2,5,11-17H2. The molecule has 0 aromatic heterocycles. The van der Waals surface area contributed by atoms with E-state index in [1.165, 1.54) is 4.90 Å². The minimum Gasteiger partial charge on any atom is -0.510 e. The van der Waals surface area contributed by atoms with E-state index in [1.807, 2.05) is 35.2 Å². The summed E-state index contributed by atoms with van der Waals surface area (Å²) in [7, 11) is 0. The number of rotatable bonds is 5. The van der Waals surface area contributed by atoms with Crippen molar-refractivity contribution in [2.24, 2.45) is 0 Å². The molecule has 7 heteroatoms. The lowest BCUT2D eigenvalue weighted by Gasteiger charge is -2.37. The van der Waals surface area contributed by atoms with Crippen LogP contribution in [0.3, 0.4) is 0 Å². The number of amides is 3. The number of benzene rings is 2. The summed E-state index contributed by atoms with van der Waals surface area (Å²) in [5, 5.41) is 11.7. The zero-order chi connectivity index (χ0) is 22.9. The lowest BCUT2D eigenvalue weighted by Crippen LogP contribution is -2.48. The Morgan fingerprint density at radius 2 is 1.61 bits per heavy atom. The average Bonchev–Trinajstić information content (AvgIpc) is 2.85. The van der Waals surface area contributed by atoms with Crippen molar-refractivity contribution < 1.29 is 19.5 Å². The van der Waals surface area contributed by atoms with Gasteiger partial charge in [0.1, 0.15) is 5.76 Å². The number of hydrogen-bond acceptors (Lipinski definition) is 5. The molecule has 0 saturated carbocycles. The number of carbonyl (C=O) groups excluding carboxylic acids is 3. The first-order chi connectivity index (χ1) is 16.0. The third-order valence-electron chi connectivity index (χ3n) is 6.72. The van der Waals surface area contributed by atoms with E-state index in [4.69, 9.17) is 0 Å². The smallest absolute Gasteiger partial charge is 0.261 e. The van der Waals surface area contributed by atoms with Crippen molar-refractivity contribution in [3.8, 4) is 0 Å². The highest BCUT2D eigenvalue weighted by Crippen LogP contribution is 2.30. The van der Waals surface area contributed by atoms with Gasteiger partial charge in [-0.25, -0.2) is 0 Å². The zero-order valence-corrected chi connectivity index (χ0v) is 18.5. The first-order valence-corrected chi connectivity index (χ1v) is 11.5. The van der Waals surface area contributed by atoms with Crippen molar-refractivity contribution in [2.75, 3.05) is 32.7 Å². The Morgan fingerprint density at radius 3 is 2.24 bits per heavy atom. The number of hydrogen-bond donors (Lipinski definition) is 1. The van der Waals surface area contributed by atoms with E-state index < -0.39 is 0 Å². The van der Waals surface area contributed by atoms with Crippen molar-refractivity contribution in [3.63, 3.8) is 0 Å². The molecule has 2 heterocycles. The molecule has 33 heavy (non-hydrogen) atoms. The van der Waals surface area contributed by atoms with Gasteiger partial charge in [-0.2, -0.15) is 0 Å². The van der Waals surface area contributed by atoms with Crippen LogP contribution in [0.2, 0.25) is 0 Å². The zero-order valence-electron chi connectivity index (χ0n) is 18.5. The van der Waals surface area contributed by atoms with Gasteiger partial charge in [0.2, 0.25) is 5.91 Å². The summed E-state index contributed by atoms with van der Waals surface area (Å²) < 4.78 is 0. The van der Waals surface area contributed by atoms with E-state index in [-0.39, 0.29) is 30.7 Å². The first-order valence-electron chi connectivity index (χ1n) is 11.5. The third-order valence-corrected chi connectivity index (χ3v) is 6.72. The molecule has 0 spiro atoms. The molecule has 0 bridgehead atoms. The third kappa shape index (κ3) is 3.88. The van der Waals surface area contributed by atoms with Crippen LogP contribution < -0.4 is 0 Å². The Balaban J connectivity index is 1.17. The van der Waals surface area contributed by atoms with Crippen LogP contribution >= 0.6 is 0 Å². The lowest BCUT2D eigenvalue weighted by molar-refractivity contribution is -0.132. The van der Waals surface area contributed by atoms with Crippen molar-refractivity contribution in [1.29, 1.82) is 0 Å². The summed E-state index contributed by atoms with van der Waals surface area (Å²) in [6.45, 7) is 2.78. The van der Waals surface area contributed by atoms with E-state index in [9.17, 15) is 19.5 Å². The topological polar surface area (TPSA) is 81.2 Å². The number of aliphatic hydroxyl groups excluding tert-OH is 1. The second-order valence-corrected chi connectivity index (χ2v) is 8.72. The molecule has 7 nitrogen and oxygen atoms in total. The highest BCUT2D eigenvalue weighted by Gasteiger charge is 2.32. The van der Waals surface area contributed by atoms with E-state index >= 15 is 0 Å². The van der Waals surface area contributed by atoms with Crippen molar-refractivity contribution >= 4 is 28.5 Å². The van der Waals surface area contributed by atoms with Gasteiger partial charge in [0.15, 0.2) is 0 Å². The van der Waals surface area contributed by atoms with Crippen LogP contribution in [-0.4, -0.2) is 70.3 Å². The molecule has 0 radical (unpaired) electrons. The van der Waals surface area contributed by atoms with Crippen LogP contribution in [0.15, 0.2) is 60.0 Å². The second kappa shape index (κ2) is 8.73.